The molecule has 0 aliphatic carbocycles. The Morgan fingerprint density at radius 1 is 1.55 bits per heavy atom. The fourth-order valence-corrected chi connectivity index (χ4v) is 2.33. The van der Waals surface area contributed by atoms with E-state index in [0.717, 1.165) is 18.3 Å². The third-order valence-corrected chi connectivity index (χ3v) is 3.36. The number of hydrogen-bond donors (Lipinski definition) is 0. The van der Waals surface area contributed by atoms with E-state index in [1.54, 1.807) is 24.3 Å². The quantitative estimate of drug-likeness (QED) is 0.364. The number of azide groups is 1. The van der Waals surface area contributed by atoms with Crippen molar-refractivity contribution in [2.24, 2.45) is 5.11 Å². The fraction of sp³-hybridized carbons (Fsp3) is 0.286. The van der Waals surface area contributed by atoms with Crippen molar-refractivity contribution in [3.05, 3.63) is 46.3 Å². The predicted octanol–water partition coefficient (Wildman–Crippen LogP) is 3.07. The second-order valence-electron chi connectivity index (χ2n) is 4.51. The van der Waals surface area contributed by atoms with Gasteiger partial charge in [0.2, 0.25) is 0 Å². The molecule has 1 fully saturated rings. The summed E-state index contributed by atoms with van der Waals surface area (Å²) >= 11 is 0. The third kappa shape index (κ3) is 2.55. The normalized spacial score (nSPS) is 17.4. The Bertz CT molecular complexity index is 605. The summed E-state index contributed by atoms with van der Waals surface area (Å²) in [6.07, 6.45) is 3.87. The fourth-order valence-electron chi connectivity index (χ4n) is 2.33. The SMILES string of the molecule is C=Cc1ccc(N=[N+]=[N-])c(C(=O)N2CCC[C@H]2C=O)c1. The summed E-state index contributed by atoms with van der Waals surface area (Å²) in [5.41, 5.74) is 9.89. The van der Waals surface area contributed by atoms with Gasteiger partial charge in [-0.1, -0.05) is 29.9 Å². The summed E-state index contributed by atoms with van der Waals surface area (Å²) in [7, 11) is 0. The number of hydrogen-bond acceptors (Lipinski definition) is 3. The molecule has 6 nitrogen and oxygen atoms in total. The van der Waals surface area contributed by atoms with Crippen LogP contribution in [0.4, 0.5) is 5.69 Å². The maximum atomic E-state index is 12.5. The first kappa shape index (κ1) is 13.8. The van der Waals surface area contributed by atoms with Crippen molar-refractivity contribution in [2.45, 2.75) is 18.9 Å². The van der Waals surface area contributed by atoms with Gasteiger partial charge in [-0.25, -0.2) is 0 Å². The van der Waals surface area contributed by atoms with Crippen LogP contribution in [0.5, 0.6) is 0 Å². The number of benzene rings is 1. The van der Waals surface area contributed by atoms with Crippen LogP contribution in [0.3, 0.4) is 0 Å². The van der Waals surface area contributed by atoms with Gasteiger partial charge in [0.1, 0.15) is 6.29 Å². The van der Waals surface area contributed by atoms with Gasteiger partial charge in [-0.05, 0) is 30.0 Å². The maximum absolute atomic E-state index is 12.5. The van der Waals surface area contributed by atoms with Gasteiger partial charge in [0, 0.05) is 17.0 Å². The first-order valence-corrected chi connectivity index (χ1v) is 6.29. The zero-order chi connectivity index (χ0) is 14.5. The van der Waals surface area contributed by atoms with Crippen molar-refractivity contribution in [1.29, 1.82) is 0 Å². The molecule has 0 unspecified atom stereocenters. The van der Waals surface area contributed by atoms with Crippen LogP contribution in [0.2, 0.25) is 0 Å². The lowest BCUT2D eigenvalue weighted by Crippen LogP contribution is -2.36. The Hall–Kier alpha value is -2.59. The maximum Gasteiger partial charge on any atom is 0.254 e. The molecule has 1 aromatic carbocycles. The van der Waals surface area contributed by atoms with Crippen molar-refractivity contribution in [2.75, 3.05) is 6.54 Å². The zero-order valence-electron chi connectivity index (χ0n) is 10.9. The molecule has 2 rings (SSSR count). The van der Waals surface area contributed by atoms with Crippen LogP contribution in [0.25, 0.3) is 16.5 Å². The highest BCUT2D eigenvalue weighted by Gasteiger charge is 2.30. The number of nitrogens with zero attached hydrogens (tertiary/aromatic N) is 4. The van der Waals surface area contributed by atoms with E-state index in [1.807, 2.05) is 0 Å². The zero-order valence-corrected chi connectivity index (χ0v) is 10.9. The van der Waals surface area contributed by atoms with Gasteiger partial charge >= 0.3 is 0 Å². The topological polar surface area (TPSA) is 86.1 Å². The molecule has 0 bridgehead atoms. The number of likely N-dealkylation sites (tertiary alicyclic amines) is 1. The molecule has 1 aliphatic heterocycles. The Balaban J connectivity index is 2.43. The molecule has 1 saturated heterocycles. The molecule has 0 saturated carbocycles. The van der Waals surface area contributed by atoms with E-state index in [1.165, 1.54) is 4.90 Å². The number of amides is 1. The highest BCUT2D eigenvalue weighted by Crippen LogP contribution is 2.26. The average molecular weight is 270 g/mol. The van der Waals surface area contributed by atoms with Crippen LogP contribution >= 0.6 is 0 Å². The van der Waals surface area contributed by atoms with E-state index in [4.69, 9.17) is 5.53 Å². The monoisotopic (exact) mass is 270 g/mol. The smallest absolute Gasteiger partial charge is 0.254 e. The number of carbonyl (C=O) groups is 2. The van der Waals surface area contributed by atoms with Gasteiger partial charge in [0.05, 0.1) is 11.7 Å². The van der Waals surface area contributed by atoms with Crippen LogP contribution in [-0.4, -0.2) is 29.7 Å². The number of carbonyl (C=O) groups excluding carboxylic acids is 2. The van der Waals surface area contributed by atoms with E-state index >= 15 is 0 Å². The molecule has 102 valence electrons. The van der Waals surface area contributed by atoms with Crippen LogP contribution in [0.1, 0.15) is 28.8 Å². The largest absolute Gasteiger partial charge is 0.329 e. The minimum absolute atomic E-state index is 0.264. The molecule has 1 aliphatic rings. The van der Waals surface area contributed by atoms with Crippen molar-refractivity contribution in [3.8, 4) is 0 Å². The number of rotatable bonds is 4. The lowest BCUT2D eigenvalue weighted by Gasteiger charge is -2.21. The number of aldehydes is 1. The average Bonchev–Trinajstić information content (AvgIpc) is 2.95. The van der Waals surface area contributed by atoms with Gasteiger partial charge in [0.15, 0.2) is 0 Å². The third-order valence-electron chi connectivity index (χ3n) is 3.36. The van der Waals surface area contributed by atoms with E-state index in [0.29, 0.717) is 18.5 Å². The van der Waals surface area contributed by atoms with Crippen molar-refractivity contribution in [1.82, 2.24) is 4.90 Å². The minimum Gasteiger partial charge on any atom is -0.329 e. The van der Waals surface area contributed by atoms with Crippen molar-refractivity contribution >= 4 is 24.0 Å². The molecule has 0 spiro atoms. The Kier molecular flexibility index (Phi) is 4.17. The molecule has 1 aromatic rings. The lowest BCUT2D eigenvalue weighted by molar-refractivity contribution is -0.111. The van der Waals surface area contributed by atoms with E-state index < -0.39 is 6.04 Å². The lowest BCUT2D eigenvalue weighted by atomic mass is 10.1. The Morgan fingerprint density at radius 2 is 2.35 bits per heavy atom. The molecule has 0 radical (unpaired) electrons. The first-order chi connectivity index (χ1) is 9.71. The van der Waals surface area contributed by atoms with Gasteiger partial charge < -0.3 is 9.69 Å². The van der Waals surface area contributed by atoms with Gasteiger partial charge in [-0.3, -0.25) is 4.79 Å². The first-order valence-electron chi connectivity index (χ1n) is 6.29. The molecule has 0 aromatic heterocycles. The summed E-state index contributed by atoms with van der Waals surface area (Å²) in [6, 6.07) is 4.53. The van der Waals surface area contributed by atoms with Crippen LogP contribution in [0.15, 0.2) is 29.9 Å². The highest BCUT2D eigenvalue weighted by atomic mass is 16.2. The summed E-state index contributed by atoms with van der Waals surface area (Å²) in [6.45, 7) is 4.19. The van der Waals surface area contributed by atoms with E-state index in [9.17, 15) is 9.59 Å². The summed E-state index contributed by atoms with van der Waals surface area (Å²) in [4.78, 5) is 27.8. The molecule has 1 atom stereocenters. The molecular formula is C14H14N4O2. The predicted molar refractivity (Wildman–Crippen MR) is 75.5 cm³/mol. The second kappa shape index (κ2) is 6.04. The summed E-state index contributed by atoms with van der Waals surface area (Å²) < 4.78 is 0. The molecular weight excluding hydrogens is 256 g/mol. The van der Waals surface area contributed by atoms with Gasteiger partial charge in [0.25, 0.3) is 5.91 Å². The Morgan fingerprint density at radius 3 is 3.00 bits per heavy atom. The molecule has 1 heterocycles. The van der Waals surface area contributed by atoms with Crippen molar-refractivity contribution < 1.29 is 9.59 Å². The van der Waals surface area contributed by atoms with Crippen LogP contribution in [0, 0.1) is 0 Å². The minimum atomic E-state index is -0.395. The standard InChI is InChI=1S/C14H14N4O2/c1-2-10-5-6-13(16-17-15)12(8-10)14(20)18-7-3-4-11(18)9-19/h2,5-6,8-9,11H,1,3-4,7H2/t11-/m0/s1. The second-order valence-corrected chi connectivity index (χ2v) is 4.51. The van der Waals surface area contributed by atoms with Gasteiger partial charge in [-0.2, -0.15) is 0 Å². The van der Waals surface area contributed by atoms with Crippen LogP contribution in [-0.2, 0) is 4.79 Å². The van der Waals surface area contributed by atoms with E-state index in [2.05, 4.69) is 16.6 Å². The summed E-state index contributed by atoms with van der Waals surface area (Å²) in [5, 5.41) is 3.54. The molecule has 0 N–H and O–H groups in total. The molecule has 20 heavy (non-hydrogen) atoms. The van der Waals surface area contributed by atoms with Crippen LogP contribution < -0.4 is 0 Å². The molecule has 6 heteroatoms. The Labute approximate surface area is 116 Å². The highest BCUT2D eigenvalue weighted by molar-refractivity contribution is 6.00. The summed E-state index contributed by atoms with van der Waals surface area (Å²) in [5.74, 6) is -0.286. The van der Waals surface area contributed by atoms with Crippen molar-refractivity contribution in [3.63, 3.8) is 0 Å². The molecule has 1 amide bonds. The van der Waals surface area contributed by atoms with Gasteiger partial charge in [-0.15, -0.1) is 0 Å². The van der Waals surface area contributed by atoms with E-state index in [-0.39, 0.29) is 11.6 Å².